The van der Waals surface area contributed by atoms with Gasteiger partial charge in [0.2, 0.25) is 0 Å². The van der Waals surface area contributed by atoms with Crippen LogP contribution < -0.4 is 0 Å². The molecule has 3 aromatic carbocycles. The van der Waals surface area contributed by atoms with Crippen LogP contribution in [0.5, 0.6) is 0 Å². The molecule has 3 aromatic rings. The van der Waals surface area contributed by atoms with E-state index in [0.29, 0.717) is 13.2 Å². The first kappa shape index (κ1) is 23.7. The lowest BCUT2D eigenvalue weighted by Crippen LogP contribution is -2.13. The average molecular weight is 463 g/mol. The summed E-state index contributed by atoms with van der Waals surface area (Å²) in [5, 5.41) is 5.27. The number of ether oxygens (including phenoxy) is 4. The molecular weight excluding hydrogens is 424 g/mol. The Kier molecular flexibility index (Phi) is 7.50. The highest BCUT2D eigenvalue weighted by Gasteiger charge is 2.29. The number of rotatable bonds is 13. The quantitative estimate of drug-likeness (QED) is 0.201. The van der Waals surface area contributed by atoms with Crippen molar-refractivity contribution >= 4 is 21.5 Å². The van der Waals surface area contributed by atoms with Crippen LogP contribution in [-0.4, -0.2) is 38.6 Å². The van der Waals surface area contributed by atoms with Crippen LogP contribution in [-0.2, 0) is 25.4 Å². The Labute approximate surface area is 203 Å². The third kappa shape index (κ3) is 5.01. The van der Waals surface area contributed by atoms with Gasteiger partial charge >= 0.3 is 0 Å². The zero-order valence-electron chi connectivity index (χ0n) is 20.8. The monoisotopic (exact) mass is 462 g/mol. The van der Waals surface area contributed by atoms with Crippen LogP contribution in [0.4, 0.5) is 0 Å². The molecule has 2 aliphatic rings. The summed E-state index contributed by atoms with van der Waals surface area (Å²) in [4.78, 5) is 0. The minimum absolute atomic E-state index is 0.0351. The zero-order chi connectivity index (χ0) is 23.5. The van der Waals surface area contributed by atoms with E-state index in [1.54, 1.807) is 0 Å². The SMILES string of the molecule is CCCCc1cccc2c(C(CC)OCC3CO3)c3ccccc3c(C(CC)OCC3CO3)c12. The molecule has 0 aliphatic carbocycles. The molecule has 0 amide bonds. The Balaban J connectivity index is 1.72. The average Bonchev–Trinajstić information content (AvgIpc) is 3.79. The second kappa shape index (κ2) is 10.7. The predicted molar refractivity (Wildman–Crippen MR) is 138 cm³/mol. The highest BCUT2D eigenvalue weighted by molar-refractivity contribution is 6.07. The second-order valence-corrected chi connectivity index (χ2v) is 9.69. The van der Waals surface area contributed by atoms with Gasteiger partial charge in [0, 0.05) is 0 Å². The molecular formula is C30H38O4. The van der Waals surface area contributed by atoms with E-state index in [0.717, 1.165) is 32.5 Å². The predicted octanol–water partition coefficient (Wildman–Crippen LogP) is 7.07. The normalized spacial score (nSPS) is 21.1. The molecule has 0 radical (unpaired) electrons. The lowest BCUT2D eigenvalue weighted by molar-refractivity contribution is 0.0399. The molecule has 4 unspecified atom stereocenters. The summed E-state index contributed by atoms with van der Waals surface area (Å²) >= 11 is 0. The Morgan fingerprint density at radius 1 is 0.765 bits per heavy atom. The van der Waals surface area contributed by atoms with E-state index < -0.39 is 0 Å². The van der Waals surface area contributed by atoms with Crippen molar-refractivity contribution in [3.63, 3.8) is 0 Å². The Bertz CT molecular complexity index is 1120. The summed E-state index contributed by atoms with van der Waals surface area (Å²) in [5.74, 6) is 0. The molecule has 182 valence electrons. The largest absolute Gasteiger partial charge is 0.371 e. The summed E-state index contributed by atoms with van der Waals surface area (Å²) in [5.41, 5.74) is 4.08. The van der Waals surface area contributed by atoms with Crippen LogP contribution in [0.25, 0.3) is 21.5 Å². The fourth-order valence-corrected chi connectivity index (χ4v) is 5.22. The first-order valence-electron chi connectivity index (χ1n) is 13.2. The molecule has 4 atom stereocenters. The maximum Gasteiger partial charge on any atom is 0.104 e. The van der Waals surface area contributed by atoms with Gasteiger partial charge < -0.3 is 18.9 Å². The zero-order valence-corrected chi connectivity index (χ0v) is 20.8. The summed E-state index contributed by atoms with van der Waals surface area (Å²) in [6.07, 6.45) is 5.89. The minimum Gasteiger partial charge on any atom is -0.371 e. The van der Waals surface area contributed by atoms with Crippen molar-refractivity contribution in [3.05, 3.63) is 59.2 Å². The first-order valence-corrected chi connectivity index (χ1v) is 13.2. The molecule has 2 aliphatic heterocycles. The molecule has 34 heavy (non-hydrogen) atoms. The maximum absolute atomic E-state index is 6.52. The number of epoxide rings is 2. The highest BCUT2D eigenvalue weighted by Crippen LogP contribution is 2.44. The molecule has 0 bridgehead atoms. The fourth-order valence-electron chi connectivity index (χ4n) is 5.22. The van der Waals surface area contributed by atoms with Crippen molar-refractivity contribution in [3.8, 4) is 0 Å². The fraction of sp³-hybridized carbons (Fsp3) is 0.533. The topological polar surface area (TPSA) is 43.5 Å². The Morgan fingerprint density at radius 3 is 1.88 bits per heavy atom. The van der Waals surface area contributed by atoms with Crippen LogP contribution in [0, 0.1) is 0 Å². The van der Waals surface area contributed by atoms with E-state index in [1.165, 1.54) is 51.1 Å². The maximum atomic E-state index is 6.52. The van der Waals surface area contributed by atoms with Crippen LogP contribution in [0.1, 0.15) is 75.4 Å². The summed E-state index contributed by atoms with van der Waals surface area (Å²) in [6, 6.07) is 15.7. The van der Waals surface area contributed by atoms with Crippen molar-refractivity contribution in [2.75, 3.05) is 26.4 Å². The molecule has 0 spiro atoms. The van der Waals surface area contributed by atoms with Gasteiger partial charge in [-0.15, -0.1) is 0 Å². The van der Waals surface area contributed by atoms with Gasteiger partial charge in [-0.25, -0.2) is 0 Å². The standard InChI is InChI=1S/C30H38O4/c1-4-7-11-20-12-10-15-25-28(20)30(27(6-3)34-19-22-17-32-22)24-14-9-8-13-23(24)29(25)26(5-2)33-18-21-16-31-21/h8-10,12-15,21-22,26-27H,4-7,11,16-19H2,1-3H3. The number of hydrogen-bond donors (Lipinski definition) is 0. The van der Waals surface area contributed by atoms with Gasteiger partial charge in [0.1, 0.15) is 12.2 Å². The van der Waals surface area contributed by atoms with Gasteiger partial charge in [0.15, 0.2) is 0 Å². The second-order valence-electron chi connectivity index (χ2n) is 9.69. The van der Waals surface area contributed by atoms with E-state index >= 15 is 0 Å². The molecule has 0 saturated carbocycles. The number of unbranched alkanes of at least 4 members (excludes halogenated alkanes) is 1. The van der Waals surface area contributed by atoms with Gasteiger partial charge in [-0.2, -0.15) is 0 Å². The highest BCUT2D eigenvalue weighted by atomic mass is 16.6. The van der Waals surface area contributed by atoms with Gasteiger partial charge in [0.05, 0.1) is 38.6 Å². The minimum atomic E-state index is 0.0351. The van der Waals surface area contributed by atoms with Crippen LogP contribution in [0.3, 0.4) is 0 Å². The van der Waals surface area contributed by atoms with E-state index in [1.807, 2.05) is 0 Å². The van der Waals surface area contributed by atoms with Crippen molar-refractivity contribution in [1.29, 1.82) is 0 Å². The lowest BCUT2D eigenvalue weighted by Gasteiger charge is -2.27. The Morgan fingerprint density at radius 2 is 1.32 bits per heavy atom. The van der Waals surface area contributed by atoms with E-state index in [2.05, 4.69) is 63.2 Å². The van der Waals surface area contributed by atoms with Crippen LogP contribution in [0.2, 0.25) is 0 Å². The first-order chi connectivity index (χ1) is 16.7. The van der Waals surface area contributed by atoms with Crippen molar-refractivity contribution < 1.29 is 18.9 Å². The van der Waals surface area contributed by atoms with Crippen LogP contribution >= 0.6 is 0 Å². The number of benzene rings is 3. The lowest BCUT2D eigenvalue weighted by atomic mass is 9.83. The summed E-state index contributed by atoms with van der Waals surface area (Å²) in [7, 11) is 0. The number of hydrogen-bond acceptors (Lipinski definition) is 4. The smallest absolute Gasteiger partial charge is 0.104 e. The van der Waals surface area contributed by atoms with E-state index in [4.69, 9.17) is 18.9 Å². The van der Waals surface area contributed by atoms with Gasteiger partial charge in [0.25, 0.3) is 0 Å². The van der Waals surface area contributed by atoms with Gasteiger partial charge in [-0.05, 0) is 63.9 Å². The third-order valence-corrected chi connectivity index (χ3v) is 7.17. The molecule has 5 rings (SSSR count). The van der Waals surface area contributed by atoms with Gasteiger partial charge in [-0.3, -0.25) is 0 Å². The summed E-state index contributed by atoms with van der Waals surface area (Å²) in [6.45, 7) is 9.68. The van der Waals surface area contributed by atoms with Crippen molar-refractivity contribution in [2.24, 2.45) is 0 Å². The van der Waals surface area contributed by atoms with Crippen LogP contribution in [0.15, 0.2) is 42.5 Å². The molecule has 4 heteroatoms. The molecule has 0 N–H and O–H groups in total. The third-order valence-electron chi connectivity index (χ3n) is 7.17. The Hall–Kier alpha value is -1.98. The molecule has 2 fully saturated rings. The number of aryl methyl sites for hydroxylation is 1. The molecule has 0 aromatic heterocycles. The summed E-state index contributed by atoms with van der Waals surface area (Å²) < 4.78 is 23.9. The van der Waals surface area contributed by atoms with Crippen molar-refractivity contribution in [2.45, 2.75) is 77.3 Å². The number of fused-ring (bicyclic) bond motifs is 2. The van der Waals surface area contributed by atoms with E-state index in [9.17, 15) is 0 Å². The molecule has 4 nitrogen and oxygen atoms in total. The molecule has 2 saturated heterocycles. The van der Waals surface area contributed by atoms with E-state index in [-0.39, 0.29) is 24.4 Å². The molecule has 2 heterocycles. The van der Waals surface area contributed by atoms with Crippen molar-refractivity contribution in [1.82, 2.24) is 0 Å². The van der Waals surface area contributed by atoms with Gasteiger partial charge in [-0.1, -0.05) is 69.7 Å².